The summed E-state index contributed by atoms with van der Waals surface area (Å²) in [5.74, 6) is 0.995. The Bertz CT molecular complexity index is 702. The molecule has 0 atom stereocenters. The lowest BCUT2D eigenvalue weighted by Crippen LogP contribution is -2.17. The van der Waals surface area contributed by atoms with Gasteiger partial charge in [-0.25, -0.2) is 4.98 Å². The Balaban J connectivity index is 1.93. The first-order valence-corrected chi connectivity index (χ1v) is 7.87. The van der Waals surface area contributed by atoms with Crippen molar-refractivity contribution in [2.75, 3.05) is 0 Å². The summed E-state index contributed by atoms with van der Waals surface area (Å²) in [6, 6.07) is 6.70. The number of nitro benzene ring substituents is 1. The van der Waals surface area contributed by atoms with Crippen molar-refractivity contribution in [3.05, 3.63) is 46.4 Å². The largest absolute Gasteiger partial charge is 0.328 e. The fourth-order valence-corrected chi connectivity index (χ4v) is 3.13. The Morgan fingerprint density at radius 2 is 2.18 bits per heavy atom. The van der Waals surface area contributed by atoms with Crippen LogP contribution >= 0.6 is 0 Å². The van der Waals surface area contributed by atoms with Gasteiger partial charge in [-0.2, -0.15) is 0 Å². The monoisotopic (exact) mass is 299 g/mol. The first-order valence-electron chi connectivity index (χ1n) is 7.87. The molecule has 0 spiro atoms. The average Bonchev–Trinajstić information content (AvgIpc) is 3.20. The normalized spacial score (nSPS) is 15.7. The summed E-state index contributed by atoms with van der Waals surface area (Å²) in [6.07, 6.45) is 8.10. The Morgan fingerprint density at radius 1 is 1.41 bits per heavy atom. The lowest BCUT2D eigenvalue weighted by molar-refractivity contribution is -0.384. The molecule has 0 aliphatic heterocycles. The molecule has 5 heteroatoms. The molecule has 1 saturated carbocycles. The molecule has 0 amide bonds. The number of aryl methyl sites for hydroxylation is 1. The van der Waals surface area contributed by atoms with Crippen LogP contribution in [0.4, 0.5) is 5.69 Å². The highest BCUT2D eigenvalue weighted by Gasteiger charge is 2.44. The van der Waals surface area contributed by atoms with E-state index < -0.39 is 0 Å². The van der Waals surface area contributed by atoms with Gasteiger partial charge in [0.1, 0.15) is 5.82 Å². The van der Waals surface area contributed by atoms with Crippen molar-refractivity contribution in [3.8, 4) is 11.3 Å². The summed E-state index contributed by atoms with van der Waals surface area (Å²) in [5.41, 5.74) is 1.98. The van der Waals surface area contributed by atoms with E-state index in [2.05, 4.69) is 22.7 Å². The fraction of sp³-hybridized carbons (Fsp3) is 0.471. The molecule has 1 aliphatic rings. The number of benzene rings is 1. The number of hydrogen-bond acceptors (Lipinski definition) is 3. The van der Waals surface area contributed by atoms with Crippen LogP contribution in [0, 0.1) is 17.0 Å². The third kappa shape index (κ3) is 2.63. The summed E-state index contributed by atoms with van der Waals surface area (Å²) in [4.78, 5) is 15.2. The first-order chi connectivity index (χ1) is 10.6. The van der Waals surface area contributed by atoms with Crippen molar-refractivity contribution >= 4 is 5.69 Å². The van der Waals surface area contributed by atoms with Gasteiger partial charge in [-0.1, -0.05) is 31.9 Å². The minimum atomic E-state index is -0.364. The molecule has 116 valence electrons. The van der Waals surface area contributed by atoms with Crippen LogP contribution in [-0.2, 0) is 5.54 Å². The number of unbranched alkanes of at least 4 members (excludes halogenated alkanes) is 1. The van der Waals surface area contributed by atoms with E-state index in [1.807, 2.05) is 13.0 Å². The third-order valence-electron chi connectivity index (χ3n) is 4.57. The zero-order valence-electron chi connectivity index (χ0n) is 13.1. The number of aromatic nitrogens is 2. The number of hydrogen-bond donors (Lipinski definition) is 0. The lowest BCUT2D eigenvalue weighted by Gasteiger charge is -2.18. The standard InChI is InChI=1S/C17H21N3O2/c1-3-4-8-17(9-10-17)19-12-16(18-13(19)2)14-6-5-7-15(11-14)20(21)22/h5-7,11-12H,3-4,8-10H2,1-2H3. The van der Waals surface area contributed by atoms with Crippen LogP contribution in [0.1, 0.15) is 44.9 Å². The van der Waals surface area contributed by atoms with Crippen LogP contribution in [0.15, 0.2) is 30.5 Å². The molecule has 1 aromatic carbocycles. The van der Waals surface area contributed by atoms with Crippen LogP contribution in [0.2, 0.25) is 0 Å². The van der Waals surface area contributed by atoms with Crippen molar-refractivity contribution in [1.29, 1.82) is 0 Å². The molecule has 5 nitrogen and oxygen atoms in total. The molecule has 1 aliphatic carbocycles. The topological polar surface area (TPSA) is 61.0 Å². The molecule has 1 fully saturated rings. The van der Waals surface area contributed by atoms with E-state index in [1.54, 1.807) is 12.1 Å². The molecule has 0 unspecified atom stereocenters. The van der Waals surface area contributed by atoms with Gasteiger partial charge in [0.25, 0.3) is 5.69 Å². The summed E-state index contributed by atoms with van der Waals surface area (Å²) >= 11 is 0. The Hall–Kier alpha value is -2.17. The van der Waals surface area contributed by atoms with Gasteiger partial charge in [-0.15, -0.1) is 0 Å². The van der Waals surface area contributed by atoms with Crippen molar-refractivity contribution in [1.82, 2.24) is 9.55 Å². The highest BCUT2D eigenvalue weighted by Crippen LogP contribution is 2.48. The van der Waals surface area contributed by atoms with Gasteiger partial charge in [0.05, 0.1) is 10.6 Å². The zero-order valence-corrected chi connectivity index (χ0v) is 13.1. The van der Waals surface area contributed by atoms with Crippen LogP contribution in [0.25, 0.3) is 11.3 Å². The molecule has 0 N–H and O–H groups in total. The second-order valence-corrected chi connectivity index (χ2v) is 6.18. The number of nitrogens with zero attached hydrogens (tertiary/aromatic N) is 3. The molecule has 22 heavy (non-hydrogen) atoms. The molecular formula is C17H21N3O2. The van der Waals surface area contributed by atoms with Gasteiger partial charge in [0.2, 0.25) is 0 Å². The molecule has 1 heterocycles. The van der Waals surface area contributed by atoms with E-state index in [0.29, 0.717) is 0 Å². The second-order valence-electron chi connectivity index (χ2n) is 6.18. The number of nitro groups is 1. The van der Waals surface area contributed by atoms with Crippen molar-refractivity contribution in [2.24, 2.45) is 0 Å². The van der Waals surface area contributed by atoms with Crippen LogP contribution in [0.5, 0.6) is 0 Å². The van der Waals surface area contributed by atoms with Crippen molar-refractivity contribution in [2.45, 2.75) is 51.5 Å². The maximum Gasteiger partial charge on any atom is 0.270 e. The van der Waals surface area contributed by atoms with Gasteiger partial charge >= 0.3 is 0 Å². The molecule has 0 radical (unpaired) electrons. The summed E-state index contributed by atoms with van der Waals surface area (Å²) in [5, 5.41) is 10.9. The van der Waals surface area contributed by atoms with Crippen molar-refractivity contribution in [3.63, 3.8) is 0 Å². The second kappa shape index (κ2) is 5.55. The lowest BCUT2D eigenvalue weighted by atomic mass is 10.1. The fourth-order valence-electron chi connectivity index (χ4n) is 3.13. The molecule has 1 aromatic heterocycles. The minimum Gasteiger partial charge on any atom is -0.328 e. The van der Waals surface area contributed by atoms with E-state index in [4.69, 9.17) is 0 Å². The highest BCUT2D eigenvalue weighted by molar-refractivity contribution is 5.62. The summed E-state index contributed by atoms with van der Waals surface area (Å²) < 4.78 is 2.29. The van der Waals surface area contributed by atoms with Gasteiger partial charge in [0, 0.05) is 29.4 Å². The van der Waals surface area contributed by atoms with Gasteiger partial charge in [-0.05, 0) is 26.2 Å². The molecule has 3 rings (SSSR count). The van der Waals surface area contributed by atoms with E-state index in [9.17, 15) is 10.1 Å². The van der Waals surface area contributed by atoms with E-state index in [1.165, 1.54) is 38.2 Å². The van der Waals surface area contributed by atoms with Gasteiger partial charge < -0.3 is 4.57 Å². The average molecular weight is 299 g/mol. The number of non-ortho nitro benzene ring substituents is 1. The molecule has 2 aromatic rings. The van der Waals surface area contributed by atoms with Gasteiger partial charge in [-0.3, -0.25) is 10.1 Å². The predicted molar refractivity (Wildman–Crippen MR) is 85.8 cm³/mol. The minimum absolute atomic E-state index is 0.108. The van der Waals surface area contributed by atoms with Crippen LogP contribution in [-0.4, -0.2) is 14.5 Å². The van der Waals surface area contributed by atoms with Crippen LogP contribution in [0.3, 0.4) is 0 Å². The Morgan fingerprint density at radius 3 is 2.82 bits per heavy atom. The van der Waals surface area contributed by atoms with E-state index in [0.717, 1.165) is 17.1 Å². The van der Waals surface area contributed by atoms with Gasteiger partial charge in [0.15, 0.2) is 0 Å². The predicted octanol–water partition coefficient (Wildman–Crippen LogP) is 4.45. The molecule has 0 bridgehead atoms. The van der Waals surface area contributed by atoms with Crippen molar-refractivity contribution < 1.29 is 4.92 Å². The number of rotatable bonds is 6. The molecular weight excluding hydrogens is 278 g/mol. The number of imidazole rings is 1. The van der Waals surface area contributed by atoms with E-state index in [-0.39, 0.29) is 16.1 Å². The smallest absolute Gasteiger partial charge is 0.270 e. The highest BCUT2D eigenvalue weighted by atomic mass is 16.6. The molecule has 0 saturated heterocycles. The quantitative estimate of drug-likeness (QED) is 0.585. The Kier molecular flexibility index (Phi) is 3.72. The first kappa shape index (κ1) is 14.8. The third-order valence-corrected chi connectivity index (χ3v) is 4.57. The van der Waals surface area contributed by atoms with Crippen LogP contribution < -0.4 is 0 Å². The maximum atomic E-state index is 10.9. The summed E-state index contributed by atoms with van der Waals surface area (Å²) in [7, 11) is 0. The van der Waals surface area contributed by atoms with E-state index >= 15 is 0 Å². The summed E-state index contributed by atoms with van der Waals surface area (Å²) in [6.45, 7) is 4.23. The maximum absolute atomic E-state index is 10.9. The Labute approximate surface area is 130 Å². The SMILES string of the molecule is CCCCC1(n2cc(-c3cccc([N+](=O)[O-])c3)nc2C)CC1. The zero-order chi connectivity index (χ0) is 15.7.